The molecule has 0 radical (unpaired) electrons. The van der Waals surface area contributed by atoms with Crippen molar-refractivity contribution in [2.45, 2.75) is 16.2 Å². The molecule has 2 aromatic rings. The average Bonchev–Trinajstić information content (AvgIpc) is 2.67. The van der Waals surface area contributed by atoms with Crippen molar-refractivity contribution in [3.63, 3.8) is 0 Å². The third-order valence-electron chi connectivity index (χ3n) is 4.05. The molecule has 0 unspecified atom stereocenters. The summed E-state index contributed by atoms with van der Waals surface area (Å²) in [6, 6.07) is 7.70. The van der Waals surface area contributed by atoms with Crippen LogP contribution in [0.5, 0.6) is 5.75 Å². The standard InChI is InChI=1S/C17H18Cl2N2O7S2/c1-28-16(22)10-21(7-6-11-2-4-13(5-3-11)29(20,24)25)30(26,27)15-9-12(18)8-14(19)17(15)23/h2-5,8-9,23H,6-7,10H2,1H3,(H2,20,24,25). The minimum atomic E-state index is -4.39. The zero-order valence-corrected chi connectivity index (χ0v) is 18.7. The molecule has 0 atom stereocenters. The van der Waals surface area contributed by atoms with Crippen molar-refractivity contribution in [2.75, 3.05) is 20.2 Å². The maximum Gasteiger partial charge on any atom is 0.321 e. The van der Waals surface area contributed by atoms with Crippen molar-refractivity contribution in [2.24, 2.45) is 5.14 Å². The van der Waals surface area contributed by atoms with Crippen LogP contribution in [0.3, 0.4) is 0 Å². The van der Waals surface area contributed by atoms with Crippen LogP contribution in [0.25, 0.3) is 0 Å². The Balaban J connectivity index is 2.35. The number of nitrogens with two attached hydrogens (primary N) is 1. The number of benzene rings is 2. The van der Waals surface area contributed by atoms with Gasteiger partial charge in [-0.1, -0.05) is 35.3 Å². The lowest BCUT2D eigenvalue weighted by Gasteiger charge is -2.22. The van der Waals surface area contributed by atoms with Crippen LogP contribution in [0.4, 0.5) is 0 Å². The first-order chi connectivity index (χ1) is 13.9. The number of primary sulfonamides is 1. The lowest BCUT2D eigenvalue weighted by Crippen LogP contribution is -2.37. The summed E-state index contributed by atoms with van der Waals surface area (Å²) < 4.78 is 54.1. The van der Waals surface area contributed by atoms with E-state index in [2.05, 4.69) is 4.74 Å². The van der Waals surface area contributed by atoms with E-state index < -0.39 is 43.2 Å². The quantitative estimate of drug-likeness (QED) is 0.529. The van der Waals surface area contributed by atoms with Crippen LogP contribution in [0.2, 0.25) is 10.0 Å². The number of esters is 1. The summed E-state index contributed by atoms with van der Waals surface area (Å²) in [6.07, 6.45) is 0.121. The molecule has 9 nitrogen and oxygen atoms in total. The number of halogens is 2. The lowest BCUT2D eigenvalue weighted by molar-refractivity contribution is -0.140. The second kappa shape index (κ2) is 9.50. The molecular formula is C17H18Cl2N2O7S2. The Kier molecular flexibility index (Phi) is 7.72. The molecule has 13 heteroatoms. The first kappa shape index (κ1) is 24.4. The molecule has 0 spiro atoms. The SMILES string of the molecule is COC(=O)CN(CCc1ccc(S(N)(=O)=O)cc1)S(=O)(=O)c1cc(Cl)cc(Cl)c1O. The first-order valence-corrected chi connectivity index (χ1v) is 12.0. The molecule has 0 bridgehead atoms. The van der Waals surface area contributed by atoms with Gasteiger partial charge in [0.15, 0.2) is 5.75 Å². The van der Waals surface area contributed by atoms with Crippen LogP contribution in [-0.2, 0) is 36.0 Å². The zero-order valence-electron chi connectivity index (χ0n) is 15.6. The second-order valence-corrected chi connectivity index (χ2v) is 10.4. The summed E-state index contributed by atoms with van der Waals surface area (Å²) >= 11 is 11.7. The number of carbonyl (C=O) groups is 1. The Hall–Kier alpha value is -1.89. The van der Waals surface area contributed by atoms with Crippen molar-refractivity contribution < 1.29 is 31.5 Å². The van der Waals surface area contributed by atoms with Gasteiger partial charge in [0, 0.05) is 11.6 Å². The fraction of sp³-hybridized carbons (Fsp3) is 0.235. The minimum Gasteiger partial charge on any atom is -0.505 e. The molecule has 30 heavy (non-hydrogen) atoms. The fourth-order valence-corrected chi connectivity index (χ4v) is 5.12. The summed E-state index contributed by atoms with van der Waals surface area (Å²) in [5, 5.41) is 14.9. The number of phenols is 1. The molecule has 164 valence electrons. The number of nitrogens with zero attached hydrogens (tertiary/aromatic N) is 1. The Labute approximate surface area is 184 Å². The van der Waals surface area contributed by atoms with E-state index >= 15 is 0 Å². The average molecular weight is 497 g/mol. The Morgan fingerprint density at radius 1 is 1.13 bits per heavy atom. The summed E-state index contributed by atoms with van der Waals surface area (Å²) in [6.45, 7) is -0.812. The van der Waals surface area contributed by atoms with Gasteiger partial charge in [0.05, 0.1) is 17.0 Å². The number of methoxy groups -OCH3 is 1. The van der Waals surface area contributed by atoms with Crippen molar-refractivity contribution in [3.05, 3.63) is 52.0 Å². The summed E-state index contributed by atoms with van der Waals surface area (Å²) in [5.74, 6) is -1.52. The van der Waals surface area contributed by atoms with Crippen LogP contribution in [0.1, 0.15) is 5.56 Å². The van der Waals surface area contributed by atoms with E-state index in [0.29, 0.717) is 5.56 Å². The van der Waals surface area contributed by atoms with Crippen LogP contribution < -0.4 is 5.14 Å². The van der Waals surface area contributed by atoms with Gasteiger partial charge >= 0.3 is 5.97 Å². The van der Waals surface area contributed by atoms with Crippen molar-refractivity contribution in [3.8, 4) is 5.75 Å². The number of hydrogen-bond donors (Lipinski definition) is 2. The van der Waals surface area contributed by atoms with Gasteiger partial charge < -0.3 is 9.84 Å². The minimum absolute atomic E-state index is 0.0204. The van der Waals surface area contributed by atoms with E-state index in [-0.39, 0.29) is 27.9 Å². The van der Waals surface area contributed by atoms with E-state index in [0.717, 1.165) is 17.5 Å². The van der Waals surface area contributed by atoms with E-state index in [1.165, 1.54) is 30.3 Å². The molecule has 0 amide bonds. The fourth-order valence-electron chi connectivity index (χ4n) is 2.47. The number of carbonyl (C=O) groups excluding carboxylic acids is 1. The third-order valence-corrected chi connectivity index (χ3v) is 7.34. The summed E-state index contributed by atoms with van der Waals surface area (Å²) in [7, 11) is -7.14. The Morgan fingerprint density at radius 2 is 1.73 bits per heavy atom. The van der Waals surface area contributed by atoms with Crippen molar-refractivity contribution in [1.29, 1.82) is 0 Å². The number of aromatic hydroxyl groups is 1. The largest absolute Gasteiger partial charge is 0.505 e. The predicted molar refractivity (Wildman–Crippen MR) is 110 cm³/mol. The zero-order chi connectivity index (χ0) is 22.7. The van der Waals surface area contributed by atoms with Crippen LogP contribution in [-0.4, -0.2) is 52.4 Å². The highest BCUT2D eigenvalue weighted by molar-refractivity contribution is 7.89. The van der Waals surface area contributed by atoms with Crippen LogP contribution in [0, 0.1) is 0 Å². The van der Waals surface area contributed by atoms with Crippen LogP contribution >= 0.6 is 23.2 Å². The Bertz CT molecular complexity index is 1150. The monoisotopic (exact) mass is 496 g/mol. The second-order valence-electron chi connectivity index (χ2n) is 6.09. The van der Waals surface area contributed by atoms with Crippen molar-refractivity contribution in [1.82, 2.24) is 4.31 Å². The topological polar surface area (TPSA) is 144 Å². The molecule has 0 heterocycles. The maximum atomic E-state index is 13.1. The van der Waals surface area contributed by atoms with Gasteiger partial charge in [0.2, 0.25) is 20.0 Å². The highest BCUT2D eigenvalue weighted by Crippen LogP contribution is 2.35. The molecule has 0 aromatic heterocycles. The van der Waals surface area contributed by atoms with Gasteiger partial charge in [0.25, 0.3) is 0 Å². The number of hydrogen-bond acceptors (Lipinski definition) is 7. The van der Waals surface area contributed by atoms with Gasteiger partial charge in [-0.25, -0.2) is 22.0 Å². The number of sulfonamides is 2. The maximum absolute atomic E-state index is 13.1. The summed E-state index contributed by atoms with van der Waals surface area (Å²) in [5.41, 5.74) is 0.584. The van der Waals surface area contributed by atoms with Crippen LogP contribution in [0.15, 0.2) is 46.2 Å². The lowest BCUT2D eigenvalue weighted by atomic mass is 10.1. The predicted octanol–water partition coefficient (Wildman–Crippen LogP) is 1.75. The first-order valence-electron chi connectivity index (χ1n) is 8.23. The molecule has 2 rings (SSSR count). The molecule has 0 fully saturated rings. The van der Waals surface area contributed by atoms with E-state index in [1.54, 1.807) is 0 Å². The molecule has 3 N–H and O–H groups in total. The molecule has 0 aliphatic heterocycles. The molecule has 0 saturated heterocycles. The highest BCUT2D eigenvalue weighted by atomic mass is 35.5. The molecule has 0 saturated carbocycles. The van der Waals surface area contributed by atoms with Gasteiger partial charge in [-0.2, -0.15) is 4.31 Å². The number of phenolic OH excluding ortho intramolecular Hbond substituents is 1. The molecule has 0 aliphatic carbocycles. The normalized spacial score (nSPS) is 12.2. The van der Waals surface area contributed by atoms with Gasteiger partial charge in [0.1, 0.15) is 11.4 Å². The van der Waals surface area contributed by atoms with E-state index in [1.807, 2.05) is 0 Å². The van der Waals surface area contributed by atoms with Gasteiger partial charge in [-0.15, -0.1) is 0 Å². The number of ether oxygens (including phenoxy) is 1. The van der Waals surface area contributed by atoms with Gasteiger partial charge in [-0.3, -0.25) is 4.79 Å². The highest BCUT2D eigenvalue weighted by Gasteiger charge is 2.30. The Morgan fingerprint density at radius 3 is 2.27 bits per heavy atom. The third kappa shape index (κ3) is 5.84. The van der Waals surface area contributed by atoms with E-state index in [9.17, 15) is 26.7 Å². The van der Waals surface area contributed by atoms with Crippen molar-refractivity contribution >= 4 is 49.2 Å². The van der Waals surface area contributed by atoms with Gasteiger partial charge in [-0.05, 0) is 36.2 Å². The summed E-state index contributed by atoms with van der Waals surface area (Å²) in [4.78, 5) is 11.1. The smallest absolute Gasteiger partial charge is 0.321 e. The molecular weight excluding hydrogens is 479 g/mol. The number of rotatable bonds is 8. The molecule has 0 aliphatic rings. The van der Waals surface area contributed by atoms with E-state index in [4.69, 9.17) is 28.3 Å². The molecule has 2 aromatic carbocycles.